The molecule has 0 spiro atoms. The lowest BCUT2D eigenvalue weighted by atomic mass is 10.0. The lowest BCUT2D eigenvalue weighted by Crippen LogP contribution is -2.67. The molecule has 0 fully saturated rings. The van der Waals surface area contributed by atoms with Crippen molar-refractivity contribution in [3.8, 4) is 28.4 Å². The highest BCUT2D eigenvalue weighted by Crippen LogP contribution is 2.31. The Balaban J connectivity index is 1.28. The van der Waals surface area contributed by atoms with Gasteiger partial charge in [0.2, 0.25) is 5.43 Å². The fourth-order valence-corrected chi connectivity index (χ4v) is 4.53. The monoisotopic (exact) mass is 566 g/mol. The summed E-state index contributed by atoms with van der Waals surface area (Å²) in [5.74, 6) is -1.10. The van der Waals surface area contributed by atoms with E-state index in [1.54, 1.807) is 24.3 Å². The number of phenolic OH excluding ortho intramolecular Hbond substituents is 1. The third-order valence-corrected chi connectivity index (χ3v) is 6.75. The van der Waals surface area contributed by atoms with E-state index in [0.717, 1.165) is 11.1 Å². The predicted molar refractivity (Wildman–Crippen MR) is 154 cm³/mol. The van der Waals surface area contributed by atoms with Crippen LogP contribution < -0.4 is 26.4 Å². The Hall–Kier alpha value is -5.25. The number of phenols is 1. The molecule has 2 atom stereocenters. The average Bonchev–Trinajstić information content (AvgIpc) is 2.98. The smallest absolute Gasteiger partial charge is 0.370 e. The van der Waals surface area contributed by atoms with Gasteiger partial charge in [-0.1, -0.05) is 72.8 Å². The van der Waals surface area contributed by atoms with Gasteiger partial charge < -0.3 is 30.5 Å². The van der Waals surface area contributed by atoms with Crippen LogP contribution in [0.1, 0.15) is 11.1 Å². The van der Waals surface area contributed by atoms with Crippen LogP contribution in [0.5, 0.6) is 17.2 Å². The van der Waals surface area contributed by atoms with E-state index in [0.29, 0.717) is 24.2 Å². The Kier molecular flexibility index (Phi) is 8.42. The van der Waals surface area contributed by atoms with Crippen LogP contribution in [0.4, 0.5) is 0 Å². The van der Waals surface area contributed by atoms with Crippen molar-refractivity contribution in [1.82, 2.24) is 0 Å². The zero-order valence-corrected chi connectivity index (χ0v) is 22.7. The van der Waals surface area contributed by atoms with Crippen molar-refractivity contribution < 1.29 is 40.1 Å². The number of rotatable bonds is 9. The number of hydrogen-bond acceptors (Lipinski definition) is 7. The highest BCUT2D eigenvalue weighted by atomic mass is 16.5. The van der Waals surface area contributed by atoms with Crippen molar-refractivity contribution in [2.24, 2.45) is 0 Å². The quantitative estimate of drug-likeness (QED) is 0.183. The van der Waals surface area contributed by atoms with Crippen LogP contribution in [0.15, 0.2) is 113 Å². The molecule has 0 radical (unpaired) electrons. The minimum atomic E-state index is -0.676. The molecule has 0 aliphatic heterocycles. The lowest BCUT2D eigenvalue weighted by molar-refractivity contribution is -0.406. The highest BCUT2D eigenvalue weighted by molar-refractivity contribution is 5.89. The summed E-state index contributed by atoms with van der Waals surface area (Å²) in [7, 11) is 0. The molecule has 5 aromatic rings. The molecule has 7 N–H and O–H groups in total. The molecule has 9 heteroatoms. The standard InChI is InChI=1S/C33H28N2O7/c34-26(15-20-7-3-1-4-8-20)32(38)41-23-13-11-22(12-14-23)25-19-40-29-18-24(17-28(36)30(29)31(25)37)42-33(39)27(35)16-21-9-5-2-6-10-21/h1-14,17-19,26-27,36H,15-16,34-35H2/p+2/t26-,27-/m1/s1. The fourth-order valence-electron chi connectivity index (χ4n) is 4.53. The molecular formula is C33H30N2O7+2. The zero-order valence-electron chi connectivity index (χ0n) is 22.7. The van der Waals surface area contributed by atoms with Crippen molar-refractivity contribution in [2.45, 2.75) is 24.9 Å². The van der Waals surface area contributed by atoms with Crippen LogP contribution in [0.2, 0.25) is 0 Å². The molecule has 0 aliphatic rings. The molecular weight excluding hydrogens is 536 g/mol. The van der Waals surface area contributed by atoms with Gasteiger partial charge in [0, 0.05) is 25.0 Å². The number of carbonyl (C=O) groups is 2. The second-order valence-electron chi connectivity index (χ2n) is 9.93. The van der Waals surface area contributed by atoms with Gasteiger partial charge in [0.25, 0.3) is 0 Å². The van der Waals surface area contributed by atoms with E-state index in [9.17, 15) is 19.5 Å². The van der Waals surface area contributed by atoms with Crippen LogP contribution in [0, 0.1) is 0 Å². The molecule has 212 valence electrons. The second kappa shape index (κ2) is 12.5. The van der Waals surface area contributed by atoms with Crippen LogP contribution in [-0.4, -0.2) is 29.1 Å². The first-order chi connectivity index (χ1) is 20.3. The van der Waals surface area contributed by atoms with Gasteiger partial charge in [0.1, 0.15) is 34.5 Å². The van der Waals surface area contributed by atoms with Crippen molar-refractivity contribution in [2.75, 3.05) is 0 Å². The van der Waals surface area contributed by atoms with E-state index < -0.39 is 29.5 Å². The Labute approximate surface area is 240 Å². The third kappa shape index (κ3) is 6.55. The van der Waals surface area contributed by atoms with Crippen LogP contribution in [-0.2, 0) is 22.4 Å². The topological polar surface area (TPSA) is 158 Å². The van der Waals surface area contributed by atoms with E-state index in [4.69, 9.17) is 13.9 Å². The zero-order chi connectivity index (χ0) is 29.6. The minimum Gasteiger partial charge on any atom is -0.507 e. The van der Waals surface area contributed by atoms with Gasteiger partial charge in [-0.2, -0.15) is 0 Å². The van der Waals surface area contributed by atoms with Gasteiger partial charge in [-0.3, -0.25) is 4.79 Å². The normalized spacial score (nSPS) is 12.4. The summed E-state index contributed by atoms with van der Waals surface area (Å²) in [5.41, 5.74) is 9.98. The highest BCUT2D eigenvalue weighted by Gasteiger charge is 2.23. The fraction of sp³-hybridized carbons (Fsp3) is 0.121. The molecule has 0 amide bonds. The molecule has 5 rings (SSSR count). The van der Waals surface area contributed by atoms with Gasteiger partial charge in [-0.05, 0) is 28.8 Å². The molecule has 0 saturated heterocycles. The summed E-state index contributed by atoms with van der Waals surface area (Å²) >= 11 is 0. The summed E-state index contributed by atoms with van der Waals surface area (Å²) in [6.07, 6.45) is 2.10. The molecule has 4 aromatic carbocycles. The Morgan fingerprint density at radius 1 is 0.738 bits per heavy atom. The van der Waals surface area contributed by atoms with Crippen LogP contribution in [0.25, 0.3) is 22.1 Å². The van der Waals surface area contributed by atoms with Crippen molar-refractivity contribution in [3.63, 3.8) is 0 Å². The van der Waals surface area contributed by atoms with Crippen molar-refractivity contribution in [3.05, 3.63) is 125 Å². The summed E-state index contributed by atoms with van der Waals surface area (Å²) < 4.78 is 16.5. The molecule has 1 aromatic heterocycles. The number of carbonyl (C=O) groups excluding carboxylic acids is 2. The Morgan fingerprint density at radius 3 is 1.81 bits per heavy atom. The van der Waals surface area contributed by atoms with E-state index in [1.165, 1.54) is 18.4 Å². The molecule has 0 aliphatic carbocycles. The van der Waals surface area contributed by atoms with Crippen LogP contribution in [0.3, 0.4) is 0 Å². The number of fused-ring (bicyclic) bond motifs is 1. The van der Waals surface area contributed by atoms with E-state index >= 15 is 0 Å². The first-order valence-corrected chi connectivity index (χ1v) is 13.3. The largest absolute Gasteiger partial charge is 0.507 e. The number of hydrogen-bond donors (Lipinski definition) is 3. The van der Waals surface area contributed by atoms with Crippen molar-refractivity contribution in [1.29, 1.82) is 0 Å². The number of esters is 2. The number of ether oxygens (including phenoxy) is 2. The van der Waals surface area contributed by atoms with Gasteiger partial charge >= 0.3 is 11.9 Å². The van der Waals surface area contributed by atoms with Crippen molar-refractivity contribution >= 4 is 22.9 Å². The van der Waals surface area contributed by atoms with E-state index in [1.807, 2.05) is 60.7 Å². The number of benzene rings is 4. The van der Waals surface area contributed by atoms with Gasteiger partial charge in [0.15, 0.2) is 12.1 Å². The SMILES string of the molecule is [NH3+][C@H](Cc1ccccc1)C(=O)Oc1ccc(-c2coc3cc(OC(=O)[C@H]([NH3+])Cc4ccccc4)cc(O)c3c2=O)cc1. The molecule has 0 bridgehead atoms. The summed E-state index contributed by atoms with van der Waals surface area (Å²) in [6, 6.07) is 26.6. The minimum absolute atomic E-state index is 0.0322. The molecule has 1 heterocycles. The van der Waals surface area contributed by atoms with Gasteiger partial charge in [-0.25, -0.2) is 9.59 Å². The van der Waals surface area contributed by atoms with Crippen LogP contribution >= 0.6 is 0 Å². The average molecular weight is 567 g/mol. The molecule has 9 nitrogen and oxygen atoms in total. The maximum absolute atomic E-state index is 13.3. The molecule has 42 heavy (non-hydrogen) atoms. The number of aromatic hydroxyl groups is 1. The molecule has 0 saturated carbocycles. The van der Waals surface area contributed by atoms with E-state index in [-0.39, 0.29) is 28.0 Å². The summed E-state index contributed by atoms with van der Waals surface area (Å²) in [6.45, 7) is 0. The Morgan fingerprint density at radius 2 is 1.26 bits per heavy atom. The van der Waals surface area contributed by atoms with Gasteiger partial charge in [-0.15, -0.1) is 0 Å². The second-order valence-corrected chi connectivity index (χ2v) is 9.93. The third-order valence-electron chi connectivity index (χ3n) is 6.75. The molecule has 0 unspecified atom stereocenters. The maximum Gasteiger partial charge on any atom is 0.370 e. The van der Waals surface area contributed by atoms with E-state index in [2.05, 4.69) is 11.5 Å². The first kappa shape index (κ1) is 28.3. The Bertz CT molecular complexity index is 1770. The number of quaternary nitrogens is 2. The summed E-state index contributed by atoms with van der Waals surface area (Å²) in [5, 5.41) is 10.6. The maximum atomic E-state index is 13.3. The first-order valence-electron chi connectivity index (χ1n) is 13.3. The predicted octanol–water partition coefficient (Wildman–Crippen LogP) is 2.68. The summed E-state index contributed by atoms with van der Waals surface area (Å²) in [4.78, 5) is 38.4. The lowest BCUT2D eigenvalue weighted by Gasteiger charge is -2.11. The van der Waals surface area contributed by atoms with Gasteiger partial charge in [0.05, 0.1) is 5.56 Å².